The molecule has 6 heteroatoms. The van der Waals surface area contributed by atoms with Crippen LogP contribution in [-0.2, 0) is 19.7 Å². The lowest BCUT2D eigenvalue weighted by molar-refractivity contribution is -0.130. The summed E-state index contributed by atoms with van der Waals surface area (Å²) in [5.74, 6) is 0.0283. The summed E-state index contributed by atoms with van der Waals surface area (Å²) in [6, 6.07) is 9.03. The van der Waals surface area contributed by atoms with E-state index in [1.54, 1.807) is 0 Å². The van der Waals surface area contributed by atoms with Gasteiger partial charge in [0.15, 0.2) is 0 Å². The van der Waals surface area contributed by atoms with Crippen molar-refractivity contribution in [3.8, 4) is 0 Å². The van der Waals surface area contributed by atoms with Gasteiger partial charge >= 0.3 is 0 Å². The number of fused-ring (bicyclic) bond motifs is 2. The van der Waals surface area contributed by atoms with Gasteiger partial charge < -0.3 is 19.7 Å². The van der Waals surface area contributed by atoms with Gasteiger partial charge in [-0.15, -0.1) is 0 Å². The van der Waals surface area contributed by atoms with Crippen molar-refractivity contribution in [2.24, 2.45) is 0 Å². The van der Waals surface area contributed by atoms with Crippen LogP contribution in [0, 0.1) is 0 Å². The van der Waals surface area contributed by atoms with Crippen LogP contribution in [0.4, 0.5) is 5.69 Å². The van der Waals surface area contributed by atoms with Crippen LogP contribution in [0.25, 0.3) is 0 Å². The van der Waals surface area contributed by atoms with Gasteiger partial charge in [0.05, 0.1) is 19.8 Å². The number of ether oxygens (including phenoxy) is 2. The van der Waals surface area contributed by atoms with Gasteiger partial charge in [-0.3, -0.25) is 9.69 Å². The number of rotatable bonds is 5. The second-order valence-electron chi connectivity index (χ2n) is 8.27. The van der Waals surface area contributed by atoms with Crippen molar-refractivity contribution in [3.05, 3.63) is 29.8 Å². The van der Waals surface area contributed by atoms with Gasteiger partial charge in [0.1, 0.15) is 6.10 Å². The van der Waals surface area contributed by atoms with E-state index in [0.717, 1.165) is 45.8 Å². The average molecular weight is 373 g/mol. The number of hydrogen-bond acceptors (Lipinski definition) is 5. The number of amides is 1. The number of benzene rings is 1. The molecule has 0 aliphatic carbocycles. The second kappa shape index (κ2) is 7.78. The van der Waals surface area contributed by atoms with E-state index in [0.29, 0.717) is 19.2 Å². The van der Waals surface area contributed by atoms with Crippen LogP contribution in [0.3, 0.4) is 0 Å². The maximum Gasteiger partial charge on any atom is 0.249 e. The van der Waals surface area contributed by atoms with Crippen molar-refractivity contribution in [2.45, 2.75) is 37.8 Å². The van der Waals surface area contributed by atoms with Crippen molar-refractivity contribution >= 4 is 11.6 Å². The van der Waals surface area contributed by atoms with Crippen molar-refractivity contribution in [3.63, 3.8) is 0 Å². The largest absolute Gasteiger partial charge is 0.379 e. The van der Waals surface area contributed by atoms with E-state index in [4.69, 9.17) is 9.47 Å². The van der Waals surface area contributed by atoms with Gasteiger partial charge in [0.25, 0.3) is 0 Å². The molecule has 0 saturated carbocycles. The summed E-state index contributed by atoms with van der Waals surface area (Å²) in [6.07, 6.45) is 0.409. The monoisotopic (exact) mass is 373 g/mol. The molecule has 6 nitrogen and oxygen atoms in total. The first-order valence-corrected chi connectivity index (χ1v) is 10.1. The Labute approximate surface area is 161 Å². The van der Waals surface area contributed by atoms with Gasteiger partial charge in [-0.25, -0.2) is 0 Å². The highest BCUT2D eigenvalue weighted by molar-refractivity contribution is 5.81. The fraction of sp³-hybridized carbons (Fsp3) is 0.667. The highest BCUT2D eigenvalue weighted by atomic mass is 16.5. The van der Waals surface area contributed by atoms with E-state index in [1.165, 1.54) is 11.3 Å². The summed E-state index contributed by atoms with van der Waals surface area (Å²) in [5.41, 5.74) is 2.57. The zero-order valence-electron chi connectivity index (χ0n) is 16.4. The van der Waals surface area contributed by atoms with E-state index in [-0.39, 0.29) is 17.4 Å². The molecule has 1 aromatic carbocycles. The highest BCUT2D eigenvalue weighted by Crippen LogP contribution is 2.47. The van der Waals surface area contributed by atoms with E-state index in [9.17, 15) is 4.79 Å². The van der Waals surface area contributed by atoms with Crippen molar-refractivity contribution in [1.82, 2.24) is 10.2 Å². The molecule has 1 amide bonds. The zero-order valence-corrected chi connectivity index (χ0v) is 16.4. The number of carbonyl (C=O) groups excluding carboxylic acids is 1. The summed E-state index contributed by atoms with van der Waals surface area (Å²) in [4.78, 5) is 17.4. The van der Waals surface area contributed by atoms with Crippen molar-refractivity contribution < 1.29 is 14.3 Å². The van der Waals surface area contributed by atoms with E-state index >= 15 is 0 Å². The Morgan fingerprint density at radius 1 is 1.30 bits per heavy atom. The van der Waals surface area contributed by atoms with Crippen molar-refractivity contribution in [2.75, 3.05) is 57.4 Å². The summed E-state index contributed by atoms with van der Waals surface area (Å²) < 4.78 is 11.4. The van der Waals surface area contributed by atoms with Crippen LogP contribution in [0.2, 0.25) is 0 Å². The average Bonchev–Trinajstić information content (AvgIpc) is 3.26. The number of anilines is 1. The molecule has 3 aliphatic rings. The molecule has 0 aromatic heterocycles. The Morgan fingerprint density at radius 3 is 2.85 bits per heavy atom. The normalized spacial score (nSPS) is 28.1. The molecule has 1 N–H and O–H groups in total. The molecular weight excluding hydrogens is 342 g/mol. The third kappa shape index (κ3) is 3.71. The van der Waals surface area contributed by atoms with Gasteiger partial charge in [0, 0.05) is 49.9 Å². The molecule has 27 heavy (non-hydrogen) atoms. The molecule has 3 aliphatic heterocycles. The number of nitrogens with one attached hydrogen (secondary N) is 1. The molecule has 2 atom stereocenters. The Bertz CT molecular complexity index is 674. The molecule has 148 valence electrons. The fourth-order valence-electron chi connectivity index (χ4n) is 4.60. The summed E-state index contributed by atoms with van der Waals surface area (Å²) in [5, 5.41) is 3.08. The third-order valence-electron chi connectivity index (χ3n) is 6.14. The van der Waals surface area contributed by atoms with E-state index < -0.39 is 0 Å². The Balaban J connectivity index is 1.36. The SMILES string of the molecule is CC(C)N1CC2(COC(C(=O)NCCN3CCOCC3)C2)c2ccccc21. The van der Waals surface area contributed by atoms with E-state index in [1.807, 2.05) is 0 Å². The van der Waals surface area contributed by atoms with Gasteiger partial charge in [-0.05, 0) is 31.9 Å². The van der Waals surface area contributed by atoms with E-state index in [2.05, 4.69) is 53.2 Å². The zero-order chi connectivity index (χ0) is 18.9. The molecule has 1 spiro atoms. The Morgan fingerprint density at radius 2 is 2.07 bits per heavy atom. The molecule has 4 rings (SSSR count). The van der Waals surface area contributed by atoms with Gasteiger partial charge in [-0.1, -0.05) is 18.2 Å². The minimum atomic E-state index is -0.352. The van der Waals surface area contributed by atoms with Crippen molar-refractivity contribution in [1.29, 1.82) is 0 Å². The molecule has 0 radical (unpaired) electrons. The number of morpholine rings is 1. The maximum absolute atomic E-state index is 12.7. The standard InChI is InChI=1S/C21H31N3O3/c1-16(2)24-14-21(17-5-3-4-6-18(17)24)13-19(27-15-21)20(25)22-7-8-23-9-11-26-12-10-23/h3-6,16,19H,7-15H2,1-2H3,(H,22,25). The lowest BCUT2D eigenvalue weighted by atomic mass is 9.80. The second-order valence-corrected chi connectivity index (χ2v) is 8.27. The summed E-state index contributed by atoms with van der Waals surface area (Å²) >= 11 is 0. The molecular formula is C21H31N3O3. The summed E-state index contributed by atoms with van der Waals surface area (Å²) in [7, 11) is 0. The number of hydrogen-bond donors (Lipinski definition) is 1. The van der Waals surface area contributed by atoms with Crippen LogP contribution in [0.5, 0.6) is 0 Å². The first-order valence-electron chi connectivity index (χ1n) is 10.1. The number of para-hydroxylation sites is 1. The predicted octanol–water partition coefficient (Wildman–Crippen LogP) is 1.39. The molecule has 2 fully saturated rings. The maximum atomic E-state index is 12.7. The van der Waals surface area contributed by atoms with Gasteiger partial charge in [0.2, 0.25) is 5.91 Å². The highest BCUT2D eigenvalue weighted by Gasteiger charge is 2.50. The predicted molar refractivity (Wildman–Crippen MR) is 105 cm³/mol. The molecule has 2 unspecified atom stereocenters. The van der Waals surface area contributed by atoms with Crippen LogP contribution in [0.1, 0.15) is 25.8 Å². The van der Waals surface area contributed by atoms with Crippen LogP contribution < -0.4 is 10.2 Å². The first kappa shape index (κ1) is 18.7. The minimum Gasteiger partial charge on any atom is -0.379 e. The topological polar surface area (TPSA) is 54.0 Å². The van der Waals surface area contributed by atoms with Gasteiger partial charge in [-0.2, -0.15) is 0 Å². The first-order chi connectivity index (χ1) is 13.1. The van der Waals surface area contributed by atoms with Crippen LogP contribution in [0.15, 0.2) is 24.3 Å². The lowest BCUT2D eigenvalue weighted by Crippen LogP contribution is -2.43. The quantitative estimate of drug-likeness (QED) is 0.845. The van der Waals surface area contributed by atoms with Crippen LogP contribution in [-0.4, -0.2) is 75.5 Å². The molecule has 2 saturated heterocycles. The number of carbonyl (C=O) groups is 1. The number of nitrogens with zero attached hydrogens (tertiary/aromatic N) is 2. The smallest absolute Gasteiger partial charge is 0.249 e. The molecule has 1 aromatic rings. The summed E-state index contributed by atoms with van der Waals surface area (Å²) in [6.45, 7) is 11.0. The molecule has 0 bridgehead atoms. The fourth-order valence-corrected chi connectivity index (χ4v) is 4.60. The Kier molecular flexibility index (Phi) is 5.39. The minimum absolute atomic E-state index is 0.0283. The Hall–Kier alpha value is -1.63. The van der Waals surface area contributed by atoms with Crippen LogP contribution >= 0.6 is 0 Å². The third-order valence-corrected chi connectivity index (χ3v) is 6.14. The molecule has 3 heterocycles. The lowest BCUT2D eigenvalue weighted by Gasteiger charge is -2.27.